The summed E-state index contributed by atoms with van der Waals surface area (Å²) in [4.78, 5) is 18.7. The summed E-state index contributed by atoms with van der Waals surface area (Å²) in [5.74, 6) is 1.56. The SMILES string of the molecule is CC1(C)CCCN(c2nc(N3CCN(S(C)(=O)=O)CC3)nc3cccnc23)CC1. The molecule has 0 spiro atoms. The second-order valence-electron chi connectivity index (χ2n) is 8.87. The first-order valence-corrected chi connectivity index (χ1v) is 12.2. The Hall–Kier alpha value is -2.00. The fraction of sp³-hybridized carbons (Fsp3) is 0.650. The van der Waals surface area contributed by atoms with Gasteiger partial charge in [0.25, 0.3) is 0 Å². The lowest BCUT2D eigenvalue weighted by Crippen LogP contribution is -2.49. The second-order valence-corrected chi connectivity index (χ2v) is 10.9. The lowest BCUT2D eigenvalue weighted by atomic mass is 9.85. The molecule has 0 aliphatic carbocycles. The van der Waals surface area contributed by atoms with Crippen LogP contribution < -0.4 is 9.80 Å². The third-order valence-corrected chi connectivity index (χ3v) is 7.36. The second kappa shape index (κ2) is 7.68. The molecule has 0 aromatic carbocycles. The molecule has 0 N–H and O–H groups in total. The van der Waals surface area contributed by atoms with Crippen molar-refractivity contribution in [2.24, 2.45) is 5.41 Å². The van der Waals surface area contributed by atoms with Crippen LogP contribution in [-0.2, 0) is 10.0 Å². The highest BCUT2D eigenvalue weighted by atomic mass is 32.2. The average molecular weight is 419 g/mol. The molecule has 0 amide bonds. The van der Waals surface area contributed by atoms with Crippen molar-refractivity contribution in [3.05, 3.63) is 18.3 Å². The Balaban J connectivity index is 1.65. The Morgan fingerprint density at radius 3 is 2.45 bits per heavy atom. The number of fused-ring (bicyclic) bond motifs is 1. The van der Waals surface area contributed by atoms with Gasteiger partial charge < -0.3 is 9.80 Å². The van der Waals surface area contributed by atoms with Crippen LogP contribution in [0.15, 0.2) is 18.3 Å². The van der Waals surface area contributed by atoms with Crippen molar-refractivity contribution in [3.8, 4) is 0 Å². The van der Waals surface area contributed by atoms with Crippen LogP contribution in [0.5, 0.6) is 0 Å². The number of hydrogen-bond acceptors (Lipinski definition) is 7. The number of anilines is 2. The van der Waals surface area contributed by atoms with Crippen LogP contribution in [0.1, 0.15) is 33.1 Å². The summed E-state index contributed by atoms with van der Waals surface area (Å²) in [6.45, 7) is 8.68. The number of aromatic nitrogens is 3. The van der Waals surface area contributed by atoms with E-state index in [1.54, 1.807) is 6.20 Å². The zero-order chi connectivity index (χ0) is 20.6. The van der Waals surface area contributed by atoms with Crippen molar-refractivity contribution < 1.29 is 8.42 Å². The zero-order valence-corrected chi connectivity index (χ0v) is 18.3. The highest BCUT2D eigenvalue weighted by Gasteiger charge is 2.28. The van der Waals surface area contributed by atoms with E-state index in [1.807, 2.05) is 12.1 Å². The molecule has 9 heteroatoms. The van der Waals surface area contributed by atoms with E-state index >= 15 is 0 Å². The van der Waals surface area contributed by atoms with Crippen LogP contribution >= 0.6 is 0 Å². The van der Waals surface area contributed by atoms with Gasteiger partial charge >= 0.3 is 0 Å². The van der Waals surface area contributed by atoms with Gasteiger partial charge in [-0.15, -0.1) is 0 Å². The lowest BCUT2D eigenvalue weighted by Gasteiger charge is -2.34. The van der Waals surface area contributed by atoms with E-state index < -0.39 is 10.0 Å². The third kappa shape index (κ3) is 4.45. The molecular formula is C20H30N6O2S. The molecule has 0 unspecified atom stereocenters. The maximum Gasteiger partial charge on any atom is 0.228 e. The summed E-state index contributed by atoms with van der Waals surface area (Å²) in [7, 11) is -3.16. The Labute approximate surface area is 173 Å². The summed E-state index contributed by atoms with van der Waals surface area (Å²) in [6, 6.07) is 3.88. The normalized spacial score (nSPS) is 21.3. The van der Waals surface area contributed by atoms with Crippen molar-refractivity contribution in [2.45, 2.75) is 33.1 Å². The first kappa shape index (κ1) is 20.3. The minimum absolute atomic E-state index is 0.343. The van der Waals surface area contributed by atoms with E-state index in [0.29, 0.717) is 37.5 Å². The Bertz CT molecular complexity index is 986. The van der Waals surface area contributed by atoms with Crippen LogP contribution in [0.25, 0.3) is 11.0 Å². The minimum atomic E-state index is -3.16. The van der Waals surface area contributed by atoms with Crippen LogP contribution in [0, 0.1) is 5.41 Å². The van der Waals surface area contributed by atoms with Gasteiger partial charge in [-0.2, -0.15) is 9.29 Å². The number of rotatable bonds is 3. The first-order valence-electron chi connectivity index (χ1n) is 10.3. The van der Waals surface area contributed by atoms with Crippen molar-refractivity contribution in [3.63, 3.8) is 0 Å². The molecular weight excluding hydrogens is 388 g/mol. The van der Waals surface area contributed by atoms with Gasteiger partial charge in [0.2, 0.25) is 16.0 Å². The van der Waals surface area contributed by atoms with Crippen molar-refractivity contribution in [1.29, 1.82) is 0 Å². The number of sulfonamides is 1. The molecule has 2 aromatic rings. The third-order valence-electron chi connectivity index (χ3n) is 6.05. The predicted molar refractivity (Wildman–Crippen MR) is 116 cm³/mol. The summed E-state index contributed by atoms with van der Waals surface area (Å²) < 4.78 is 25.1. The summed E-state index contributed by atoms with van der Waals surface area (Å²) in [6.07, 6.45) is 6.52. The van der Waals surface area contributed by atoms with Crippen LogP contribution in [0.2, 0.25) is 0 Å². The van der Waals surface area contributed by atoms with Gasteiger partial charge in [-0.25, -0.2) is 13.4 Å². The van der Waals surface area contributed by atoms with Crippen molar-refractivity contribution in [2.75, 3.05) is 55.3 Å². The average Bonchev–Trinajstić information content (AvgIpc) is 2.87. The van der Waals surface area contributed by atoms with Gasteiger partial charge in [0, 0.05) is 45.5 Å². The molecule has 4 heterocycles. The van der Waals surface area contributed by atoms with Gasteiger partial charge in [-0.3, -0.25) is 4.98 Å². The smallest absolute Gasteiger partial charge is 0.228 e. The Morgan fingerprint density at radius 1 is 0.966 bits per heavy atom. The fourth-order valence-corrected chi connectivity index (χ4v) is 4.98. The summed E-state index contributed by atoms with van der Waals surface area (Å²) in [5.41, 5.74) is 2.02. The number of pyridine rings is 1. The molecule has 2 aliphatic rings. The maximum absolute atomic E-state index is 11.8. The summed E-state index contributed by atoms with van der Waals surface area (Å²) >= 11 is 0. The van der Waals surface area contributed by atoms with E-state index in [-0.39, 0.29) is 0 Å². The van der Waals surface area contributed by atoms with Gasteiger partial charge in [0.05, 0.1) is 11.8 Å². The molecule has 29 heavy (non-hydrogen) atoms. The van der Waals surface area contributed by atoms with Crippen LogP contribution in [-0.4, -0.2) is 73.2 Å². The standard InChI is InChI=1S/C20H30N6O2S/c1-20(2)7-5-10-24(11-8-20)18-17-16(6-4-9-21-17)22-19(23-18)25-12-14-26(15-13-25)29(3,27)28/h4,6,9H,5,7-8,10-15H2,1-3H3. The highest BCUT2D eigenvalue weighted by Crippen LogP contribution is 2.33. The van der Waals surface area contributed by atoms with Crippen LogP contribution in [0.4, 0.5) is 11.8 Å². The molecule has 0 bridgehead atoms. The van der Waals surface area contributed by atoms with E-state index in [2.05, 4.69) is 28.6 Å². The zero-order valence-electron chi connectivity index (χ0n) is 17.5. The van der Waals surface area contributed by atoms with E-state index in [0.717, 1.165) is 42.8 Å². The first-order chi connectivity index (χ1) is 13.7. The summed E-state index contributed by atoms with van der Waals surface area (Å²) in [5, 5.41) is 0. The minimum Gasteiger partial charge on any atom is -0.355 e. The molecule has 8 nitrogen and oxygen atoms in total. The topological polar surface area (TPSA) is 82.5 Å². The Kier molecular flexibility index (Phi) is 5.37. The maximum atomic E-state index is 11.8. The highest BCUT2D eigenvalue weighted by molar-refractivity contribution is 7.88. The van der Waals surface area contributed by atoms with Crippen molar-refractivity contribution in [1.82, 2.24) is 19.3 Å². The largest absolute Gasteiger partial charge is 0.355 e. The van der Waals surface area contributed by atoms with E-state index in [4.69, 9.17) is 9.97 Å². The van der Waals surface area contributed by atoms with Crippen molar-refractivity contribution >= 4 is 32.8 Å². The molecule has 2 aliphatic heterocycles. The lowest BCUT2D eigenvalue weighted by molar-refractivity contribution is 0.325. The molecule has 4 rings (SSSR count). The molecule has 0 radical (unpaired) electrons. The molecule has 158 valence electrons. The molecule has 2 aromatic heterocycles. The van der Waals surface area contributed by atoms with Gasteiger partial charge in [-0.1, -0.05) is 13.8 Å². The van der Waals surface area contributed by atoms with E-state index in [9.17, 15) is 8.42 Å². The van der Waals surface area contributed by atoms with Gasteiger partial charge in [0.15, 0.2) is 5.82 Å². The molecule has 0 atom stereocenters. The monoisotopic (exact) mass is 418 g/mol. The molecule has 2 saturated heterocycles. The van der Waals surface area contributed by atoms with Gasteiger partial charge in [0.1, 0.15) is 5.52 Å². The number of hydrogen-bond donors (Lipinski definition) is 0. The molecule has 0 saturated carbocycles. The number of nitrogens with zero attached hydrogens (tertiary/aromatic N) is 6. The predicted octanol–water partition coefficient (Wildman–Crippen LogP) is 2.12. The molecule has 2 fully saturated rings. The quantitative estimate of drug-likeness (QED) is 0.755. The fourth-order valence-electron chi connectivity index (χ4n) is 4.16. The Morgan fingerprint density at radius 2 is 1.72 bits per heavy atom. The van der Waals surface area contributed by atoms with Gasteiger partial charge in [-0.05, 0) is 36.8 Å². The van der Waals surface area contributed by atoms with Crippen LogP contribution in [0.3, 0.4) is 0 Å². The van der Waals surface area contributed by atoms with E-state index in [1.165, 1.54) is 17.0 Å². The number of piperazine rings is 1.